The summed E-state index contributed by atoms with van der Waals surface area (Å²) in [5.41, 5.74) is 0.249. The summed E-state index contributed by atoms with van der Waals surface area (Å²) in [6, 6.07) is 1.47. The Hall–Kier alpha value is -0.0800. The van der Waals surface area contributed by atoms with Crippen LogP contribution in [0.5, 0.6) is 0 Å². The summed E-state index contributed by atoms with van der Waals surface area (Å²) >= 11 is 0. The second-order valence-electron chi connectivity index (χ2n) is 7.95. The van der Waals surface area contributed by atoms with Crippen LogP contribution in [0.3, 0.4) is 0 Å². The Morgan fingerprint density at radius 3 is 2.55 bits per heavy atom. The van der Waals surface area contributed by atoms with Crippen LogP contribution >= 0.6 is 0 Å². The second-order valence-corrected chi connectivity index (χ2v) is 7.95. The van der Waals surface area contributed by atoms with E-state index < -0.39 is 0 Å². The maximum atomic E-state index is 6.23. The standard InChI is InChI=1S/C18H33NO/c1-14-6-7-17(15(2)12-14)19-16-8-11-20-18(13-16)9-4-3-5-10-18/h14-17,19H,3-13H2,1-2H3. The molecule has 1 saturated heterocycles. The molecule has 116 valence electrons. The van der Waals surface area contributed by atoms with Crippen LogP contribution in [0.2, 0.25) is 0 Å². The van der Waals surface area contributed by atoms with Crippen molar-refractivity contribution in [2.24, 2.45) is 11.8 Å². The van der Waals surface area contributed by atoms with E-state index in [0.29, 0.717) is 6.04 Å². The molecule has 0 aromatic heterocycles. The van der Waals surface area contributed by atoms with Crippen LogP contribution in [0, 0.1) is 11.8 Å². The minimum atomic E-state index is 0.249. The normalized spacial score (nSPS) is 41.7. The maximum absolute atomic E-state index is 6.23. The predicted octanol–water partition coefficient (Wildman–Crippen LogP) is 4.28. The highest BCUT2D eigenvalue weighted by Crippen LogP contribution is 2.39. The lowest BCUT2D eigenvalue weighted by Gasteiger charge is -2.45. The molecule has 4 atom stereocenters. The third-order valence-corrected chi connectivity index (χ3v) is 6.14. The Bertz CT molecular complexity index is 305. The van der Waals surface area contributed by atoms with E-state index in [9.17, 15) is 0 Å². The van der Waals surface area contributed by atoms with Crippen LogP contribution in [-0.2, 0) is 4.74 Å². The zero-order chi connectivity index (χ0) is 14.0. The highest BCUT2D eigenvalue weighted by atomic mass is 16.5. The molecule has 4 unspecified atom stereocenters. The predicted molar refractivity (Wildman–Crippen MR) is 83.9 cm³/mol. The smallest absolute Gasteiger partial charge is 0.0697 e. The summed E-state index contributed by atoms with van der Waals surface area (Å²) in [6.07, 6.45) is 13.5. The van der Waals surface area contributed by atoms with Crippen molar-refractivity contribution in [3.63, 3.8) is 0 Å². The molecule has 3 rings (SSSR count). The van der Waals surface area contributed by atoms with Gasteiger partial charge in [0.15, 0.2) is 0 Å². The van der Waals surface area contributed by atoms with Crippen LogP contribution in [-0.4, -0.2) is 24.3 Å². The van der Waals surface area contributed by atoms with Crippen LogP contribution in [0.4, 0.5) is 0 Å². The molecule has 20 heavy (non-hydrogen) atoms. The molecule has 2 nitrogen and oxygen atoms in total. The highest BCUT2D eigenvalue weighted by molar-refractivity contribution is 4.94. The molecule has 2 heteroatoms. The quantitative estimate of drug-likeness (QED) is 0.814. The monoisotopic (exact) mass is 279 g/mol. The SMILES string of the molecule is CC1CCC(NC2CCOC3(CCCCC3)C2)C(C)C1. The average molecular weight is 279 g/mol. The van der Waals surface area contributed by atoms with Gasteiger partial charge < -0.3 is 10.1 Å². The van der Waals surface area contributed by atoms with Crippen LogP contribution < -0.4 is 5.32 Å². The van der Waals surface area contributed by atoms with Crippen molar-refractivity contribution in [3.05, 3.63) is 0 Å². The molecule has 0 aromatic rings. The van der Waals surface area contributed by atoms with Gasteiger partial charge in [-0.2, -0.15) is 0 Å². The van der Waals surface area contributed by atoms with E-state index >= 15 is 0 Å². The summed E-state index contributed by atoms with van der Waals surface area (Å²) in [5, 5.41) is 4.02. The number of hydrogen-bond donors (Lipinski definition) is 1. The fourth-order valence-corrected chi connectivity index (χ4v) is 4.93. The van der Waals surface area contributed by atoms with E-state index in [-0.39, 0.29) is 5.60 Å². The molecular formula is C18H33NO. The second kappa shape index (κ2) is 6.36. The summed E-state index contributed by atoms with van der Waals surface area (Å²) in [6.45, 7) is 5.84. The van der Waals surface area contributed by atoms with Crippen LogP contribution in [0.25, 0.3) is 0 Å². The lowest BCUT2D eigenvalue weighted by atomic mass is 9.76. The van der Waals surface area contributed by atoms with E-state index in [1.807, 2.05) is 0 Å². The van der Waals surface area contributed by atoms with Gasteiger partial charge in [0.05, 0.1) is 5.60 Å². The van der Waals surface area contributed by atoms with Gasteiger partial charge in [0.25, 0.3) is 0 Å². The fraction of sp³-hybridized carbons (Fsp3) is 1.00. The lowest BCUT2D eigenvalue weighted by molar-refractivity contribution is -0.111. The van der Waals surface area contributed by atoms with Gasteiger partial charge in [0.1, 0.15) is 0 Å². The van der Waals surface area contributed by atoms with Crippen molar-refractivity contribution in [2.75, 3.05) is 6.61 Å². The molecule has 2 aliphatic carbocycles. The first-order chi connectivity index (χ1) is 9.67. The van der Waals surface area contributed by atoms with Gasteiger partial charge in [0, 0.05) is 18.7 Å². The number of rotatable bonds is 2. The molecule has 0 aromatic carbocycles. The molecule has 0 bridgehead atoms. The Kier molecular flexibility index (Phi) is 4.72. The molecule has 0 radical (unpaired) electrons. The van der Waals surface area contributed by atoms with Crippen molar-refractivity contribution in [2.45, 2.75) is 95.7 Å². The van der Waals surface area contributed by atoms with Crippen molar-refractivity contribution in [3.8, 4) is 0 Å². The van der Waals surface area contributed by atoms with E-state index in [2.05, 4.69) is 19.2 Å². The molecule has 3 fully saturated rings. The van der Waals surface area contributed by atoms with Gasteiger partial charge in [-0.1, -0.05) is 33.1 Å². The van der Waals surface area contributed by atoms with Crippen molar-refractivity contribution >= 4 is 0 Å². The third kappa shape index (κ3) is 3.39. The molecule has 1 aliphatic heterocycles. The van der Waals surface area contributed by atoms with Crippen molar-refractivity contribution < 1.29 is 4.74 Å². The summed E-state index contributed by atoms with van der Waals surface area (Å²) in [7, 11) is 0. The van der Waals surface area contributed by atoms with E-state index in [1.54, 1.807) is 0 Å². The molecule has 1 heterocycles. The Labute approximate surface area is 125 Å². The van der Waals surface area contributed by atoms with Gasteiger partial charge >= 0.3 is 0 Å². The number of hydrogen-bond acceptors (Lipinski definition) is 2. The zero-order valence-electron chi connectivity index (χ0n) is 13.5. The first-order valence-electron chi connectivity index (χ1n) is 9.07. The minimum absolute atomic E-state index is 0.249. The van der Waals surface area contributed by atoms with Gasteiger partial charge in [-0.05, 0) is 56.8 Å². The first kappa shape index (κ1) is 14.8. The van der Waals surface area contributed by atoms with Crippen molar-refractivity contribution in [1.82, 2.24) is 5.32 Å². The Morgan fingerprint density at radius 2 is 1.80 bits per heavy atom. The van der Waals surface area contributed by atoms with E-state index in [0.717, 1.165) is 24.5 Å². The summed E-state index contributed by atoms with van der Waals surface area (Å²) < 4.78 is 6.23. The minimum Gasteiger partial charge on any atom is -0.375 e. The first-order valence-corrected chi connectivity index (χ1v) is 9.07. The highest BCUT2D eigenvalue weighted by Gasteiger charge is 2.39. The summed E-state index contributed by atoms with van der Waals surface area (Å²) in [5.74, 6) is 1.78. The largest absolute Gasteiger partial charge is 0.375 e. The molecule has 2 saturated carbocycles. The Morgan fingerprint density at radius 1 is 1.00 bits per heavy atom. The lowest BCUT2D eigenvalue weighted by Crippen LogP contribution is -2.52. The van der Waals surface area contributed by atoms with Crippen LogP contribution in [0.1, 0.15) is 78.1 Å². The van der Waals surface area contributed by atoms with Gasteiger partial charge in [-0.15, -0.1) is 0 Å². The van der Waals surface area contributed by atoms with E-state index in [1.165, 1.54) is 64.2 Å². The maximum Gasteiger partial charge on any atom is 0.0697 e. The van der Waals surface area contributed by atoms with Gasteiger partial charge in [-0.25, -0.2) is 0 Å². The molecule has 1 spiro atoms. The average Bonchev–Trinajstić information content (AvgIpc) is 2.43. The molecule has 0 amide bonds. The fourth-order valence-electron chi connectivity index (χ4n) is 4.93. The summed E-state index contributed by atoms with van der Waals surface area (Å²) in [4.78, 5) is 0. The number of ether oxygens (including phenoxy) is 1. The molecule has 3 aliphatic rings. The van der Waals surface area contributed by atoms with Gasteiger partial charge in [-0.3, -0.25) is 0 Å². The van der Waals surface area contributed by atoms with Gasteiger partial charge in [0.2, 0.25) is 0 Å². The Balaban J connectivity index is 1.54. The molecule has 1 N–H and O–H groups in total. The molecular weight excluding hydrogens is 246 g/mol. The zero-order valence-corrected chi connectivity index (χ0v) is 13.5. The third-order valence-electron chi connectivity index (χ3n) is 6.14. The van der Waals surface area contributed by atoms with E-state index in [4.69, 9.17) is 4.74 Å². The topological polar surface area (TPSA) is 21.3 Å². The van der Waals surface area contributed by atoms with Crippen molar-refractivity contribution in [1.29, 1.82) is 0 Å². The number of nitrogens with one attached hydrogen (secondary N) is 1. The van der Waals surface area contributed by atoms with Crippen LogP contribution in [0.15, 0.2) is 0 Å².